The molecule has 3 aromatic rings. The SMILES string of the molecule is CCc1c(C)c2cc3[nH]c(cc4nc(cc5nc(cc1[nH]2)C(C)=C5CCC(=O)NNC(=O)CCCCCCC(CN(C)C)N(C)C)C(CCC(=O)NNC(=O)CCCCCCC(CN(C)C)N(C)C)=C4C)c(C)c3CC. The van der Waals surface area contributed by atoms with Crippen molar-refractivity contribution in [1.29, 1.82) is 0 Å². The van der Waals surface area contributed by atoms with E-state index in [1.807, 2.05) is 19.9 Å². The van der Waals surface area contributed by atoms with Gasteiger partial charge in [0.1, 0.15) is 0 Å². The summed E-state index contributed by atoms with van der Waals surface area (Å²) in [7, 11) is 16.9. The fourth-order valence-electron chi connectivity index (χ4n) is 10.7. The number of carbonyl (C=O) groups is 4. The summed E-state index contributed by atoms with van der Waals surface area (Å²) in [6.07, 6.45) is 13.4. The highest BCUT2D eigenvalue weighted by atomic mass is 16.2. The molecule has 3 aromatic heterocycles. The Morgan fingerprint density at radius 2 is 0.816 bits per heavy atom. The molecule has 0 spiro atoms. The summed E-state index contributed by atoms with van der Waals surface area (Å²) in [6.45, 7) is 14.8. The van der Waals surface area contributed by atoms with Gasteiger partial charge in [-0.05, 0) is 204 Å². The van der Waals surface area contributed by atoms with Crippen molar-refractivity contribution >= 4 is 68.0 Å². The molecule has 4 amide bonds. The van der Waals surface area contributed by atoms with E-state index >= 15 is 0 Å². The van der Waals surface area contributed by atoms with E-state index in [-0.39, 0.29) is 36.5 Å². The maximum atomic E-state index is 13.4. The molecule has 5 rings (SSSR count). The lowest BCUT2D eigenvalue weighted by atomic mass is 9.98. The zero-order chi connectivity index (χ0) is 55.6. The second-order valence-corrected chi connectivity index (χ2v) is 22.2. The molecule has 0 aliphatic carbocycles. The lowest BCUT2D eigenvalue weighted by molar-refractivity contribution is -0.128. The van der Waals surface area contributed by atoms with E-state index in [1.54, 1.807) is 0 Å². The van der Waals surface area contributed by atoms with Crippen LogP contribution in [0, 0.1) is 13.8 Å². The van der Waals surface area contributed by atoms with Crippen LogP contribution in [0.15, 0.2) is 24.3 Å². The number of fused-ring (bicyclic) bond motifs is 8. The minimum atomic E-state index is -0.290. The van der Waals surface area contributed by atoms with Gasteiger partial charge in [0.25, 0.3) is 0 Å². The molecule has 0 aromatic carbocycles. The molecule has 16 heteroatoms. The molecular formula is C60H94N12O4. The number of rotatable bonds is 28. The first-order valence-electron chi connectivity index (χ1n) is 28.1. The number of amides is 4. The molecule has 2 aliphatic heterocycles. The Labute approximate surface area is 454 Å². The molecule has 8 bridgehead atoms. The van der Waals surface area contributed by atoms with Gasteiger partial charge in [-0.2, -0.15) is 0 Å². The van der Waals surface area contributed by atoms with Crippen LogP contribution >= 0.6 is 0 Å². The van der Waals surface area contributed by atoms with Crippen LogP contribution in [0.2, 0.25) is 0 Å². The van der Waals surface area contributed by atoms with Crippen molar-refractivity contribution < 1.29 is 19.2 Å². The second kappa shape index (κ2) is 29.7. The van der Waals surface area contributed by atoms with Crippen LogP contribution in [0.4, 0.5) is 0 Å². The smallest absolute Gasteiger partial charge is 0.238 e. The predicted molar refractivity (Wildman–Crippen MR) is 313 cm³/mol. The Balaban J connectivity index is 1.33. The third-order valence-corrected chi connectivity index (χ3v) is 15.4. The van der Waals surface area contributed by atoms with Crippen LogP contribution < -0.4 is 21.7 Å². The van der Waals surface area contributed by atoms with Gasteiger partial charge in [-0.25, -0.2) is 9.97 Å². The number of aromatic amines is 2. The molecule has 418 valence electrons. The third-order valence-electron chi connectivity index (χ3n) is 15.4. The first-order chi connectivity index (χ1) is 36.2. The quantitative estimate of drug-likeness (QED) is 0.0302. The zero-order valence-corrected chi connectivity index (χ0v) is 48.9. The molecular weight excluding hydrogens is 953 g/mol. The number of nitrogens with one attached hydrogen (secondary N) is 6. The second-order valence-electron chi connectivity index (χ2n) is 22.2. The van der Waals surface area contributed by atoms with E-state index in [0.29, 0.717) is 49.2 Å². The Morgan fingerprint density at radius 3 is 1.20 bits per heavy atom. The maximum Gasteiger partial charge on any atom is 0.238 e. The van der Waals surface area contributed by atoms with Crippen molar-refractivity contribution in [2.75, 3.05) is 69.5 Å². The van der Waals surface area contributed by atoms with Crippen LogP contribution in [0.1, 0.15) is 175 Å². The van der Waals surface area contributed by atoms with Gasteiger partial charge in [0.15, 0.2) is 0 Å². The van der Waals surface area contributed by atoms with Crippen molar-refractivity contribution in [3.8, 4) is 0 Å². The van der Waals surface area contributed by atoms with Crippen molar-refractivity contribution in [2.24, 2.45) is 0 Å². The monoisotopic (exact) mass is 1050 g/mol. The summed E-state index contributed by atoms with van der Waals surface area (Å²) >= 11 is 0. The van der Waals surface area contributed by atoms with E-state index in [9.17, 15) is 19.2 Å². The highest BCUT2D eigenvalue weighted by Gasteiger charge is 2.24. The molecule has 0 saturated carbocycles. The fraction of sp³-hybridized carbons (Fsp3) is 0.600. The maximum absolute atomic E-state index is 13.4. The molecule has 5 heterocycles. The molecule has 2 atom stereocenters. The van der Waals surface area contributed by atoms with E-state index in [2.05, 4.69) is 154 Å². The van der Waals surface area contributed by atoms with Gasteiger partial charge in [-0.3, -0.25) is 40.9 Å². The Morgan fingerprint density at radius 1 is 0.461 bits per heavy atom. The van der Waals surface area contributed by atoms with Crippen LogP contribution in [0.25, 0.3) is 44.4 Å². The molecule has 2 unspecified atom stereocenters. The number of nitrogens with zero attached hydrogens (tertiary/aromatic N) is 6. The number of H-pyrrole nitrogens is 2. The van der Waals surface area contributed by atoms with Gasteiger partial charge >= 0.3 is 0 Å². The average Bonchev–Trinajstić information content (AvgIpc) is 4.03. The molecule has 2 aliphatic rings. The van der Waals surface area contributed by atoms with Gasteiger partial charge in [0.2, 0.25) is 23.6 Å². The summed E-state index contributed by atoms with van der Waals surface area (Å²) < 4.78 is 0. The zero-order valence-electron chi connectivity index (χ0n) is 48.9. The summed E-state index contributed by atoms with van der Waals surface area (Å²) in [5.41, 5.74) is 26.1. The van der Waals surface area contributed by atoms with Gasteiger partial charge in [0.05, 0.1) is 22.8 Å². The Hall–Kier alpha value is -5.68. The minimum Gasteiger partial charge on any atom is -0.355 e. The lowest BCUT2D eigenvalue weighted by Gasteiger charge is -2.27. The normalized spacial score (nSPS) is 13.6. The van der Waals surface area contributed by atoms with E-state index < -0.39 is 0 Å². The molecule has 0 fully saturated rings. The first kappa shape index (κ1) is 61.2. The van der Waals surface area contributed by atoms with Crippen molar-refractivity contribution in [3.05, 3.63) is 69.3 Å². The van der Waals surface area contributed by atoms with Crippen LogP contribution in [-0.2, 0) is 32.0 Å². The average molecular weight is 1050 g/mol. The van der Waals surface area contributed by atoms with E-state index in [0.717, 1.165) is 151 Å². The van der Waals surface area contributed by atoms with Crippen LogP contribution in [-0.4, -0.2) is 145 Å². The van der Waals surface area contributed by atoms with Crippen molar-refractivity contribution in [3.63, 3.8) is 0 Å². The largest absolute Gasteiger partial charge is 0.355 e. The lowest BCUT2D eigenvalue weighted by Crippen LogP contribution is -2.41. The van der Waals surface area contributed by atoms with Crippen molar-refractivity contribution in [1.82, 2.24) is 61.2 Å². The minimum absolute atomic E-state index is 0.126. The number of aryl methyl sites for hydroxylation is 4. The summed E-state index contributed by atoms with van der Waals surface area (Å²) in [5, 5.41) is 0. The third kappa shape index (κ3) is 17.7. The molecule has 6 N–H and O–H groups in total. The van der Waals surface area contributed by atoms with E-state index in [4.69, 9.17) is 9.97 Å². The highest BCUT2D eigenvalue weighted by molar-refractivity contribution is 5.97. The number of allylic oxidation sites excluding steroid dienone is 4. The molecule has 0 saturated heterocycles. The van der Waals surface area contributed by atoms with Gasteiger partial charge < -0.3 is 29.6 Å². The highest BCUT2D eigenvalue weighted by Crippen LogP contribution is 2.38. The predicted octanol–water partition coefficient (Wildman–Crippen LogP) is 9.44. The number of aromatic nitrogens is 4. The Bertz CT molecular complexity index is 2710. The Kier molecular flexibility index (Phi) is 23.9. The molecule has 76 heavy (non-hydrogen) atoms. The van der Waals surface area contributed by atoms with Gasteiger partial charge in [-0.15, -0.1) is 0 Å². The van der Waals surface area contributed by atoms with Crippen LogP contribution in [0.5, 0.6) is 0 Å². The van der Waals surface area contributed by atoms with Crippen molar-refractivity contribution in [2.45, 2.75) is 169 Å². The molecule has 16 nitrogen and oxygen atoms in total. The number of hydrogen-bond acceptors (Lipinski definition) is 10. The standard InChI is InChI=1S/C60H94N12O4/c1-15-45-39(3)49-33-50-41(5)47(29-31-59(75)67-65-57(73)27-23-19-17-21-25-43(71(11)12)37-69(7)8)55(63-50)36-56-48(42(6)52(64-56)35-54-46(16-2)40(4)51(62-54)34-53(45)61-49)30-32-60(76)68-66-58(74)28-24-20-18-22-26-44(72(13)14)38-70(9)10/h33-36,43-44,61-62H,15-32,37-38H2,1-14H3,(H,65,73)(H,66,74)(H,67,75)(H,68,76). The number of likely N-dealkylation sites (N-methyl/N-ethyl adjacent to an activating group) is 4. The fourth-order valence-corrected chi connectivity index (χ4v) is 10.7. The summed E-state index contributed by atoms with van der Waals surface area (Å²) in [4.78, 5) is 79.4. The number of hydrogen-bond donors (Lipinski definition) is 6. The first-order valence-corrected chi connectivity index (χ1v) is 28.1. The van der Waals surface area contributed by atoms with Crippen LogP contribution in [0.3, 0.4) is 0 Å². The van der Waals surface area contributed by atoms with Gasteiger partial charge in [-0.1, -0.05) is 52.4 Å². The topological polar surface area (TPSA) is 187 Å². The summed E-state index contributed by atoms with van der Waals surface area (Å²) in [5.74, 6) is -0.979. The number of hydrazine groups is 2. The number of carbonyl (C=O) groups excluding carboxylic acids is 4. The van der Waals surface area contributed by atoms with Gasteiger partial charge in [0, 0.05) is 72.9 Å². The number of unbranched alkanes of at least 4 members (excludes halogenated alkanes) is 6. The summed E-state index contributed by atoms with van der Waals surface area (Å²) in [6, 6.07) is 9.41. The molecule has 0 radical (unpaired) electrons. The van der Waals surface area contributed by atoms with E-state index in [1.165, 1.54) is 16.7 Å².